The van der Waals surface area contributed by atoms with Crippen molar-refractivity contribution < 1.29 is 9.84 Å². The van der Waals surface area contributed by atoms with E-state index in [1.54, 1.807) is 0 Å². The summed E-state index contributed by atoms with van der Waals surface area (Å²) in [5, 5.41) is 9.76. The number of fused-ring (bicyclic) bond motifs is 5. The van der Waals surface area contributed by atoms with E-state index in [4.69, 9.17) is 4.74 Å². The van der Waals surface area contributed by atoms with Crippen LogP contribution in [0, 0.1) is 17.3 Å². The minimum Gasteiger partial charge on any atom is -0.508 e. The van der Waals surface area contributed by atoms with Gasteiger partial charge in [0.15, 0.2) is 0 Å². The van der Waals surface area contributed by atoms with Gasteiger partial charge in [-0.15, -0.1) is 0 Å². The third kappa shape index (κ3) is 1.76. The number of aryl methyl sites for hydroxylation is 1. The Bertz CT molecular complexity index is 595. The molecule has 2 nitrogen and oxygen atoms in total. The van der Waals surface area contributed by atoms with Gasteiger partial charge in [-0.3, -0.25) is 0 Å². The van der Waals surface area contributed by atoms with Gasteiger partial charge >= 0.3 is 0 Å². The Morgan fingerprint density at radius 1 is 1.14 bits per heavy atom. The molecular weight excluding hydrogens is 272 g/mol. The third-order valence-electron chi connectivity index (χ3n) is 7.69. The van der Waals surface area contributed by atoms with Crippen LogP contribution in [-0.4, -0.2) is 17.8 Å². The van der Waals surface area contributed by atoms with Crippen molar-refractivity contribution in [3.8, 4) is 5.75 Å². The molecule has 3 aliphatic carbocycles. The molecule has 1 unspecified atom stereocenters. The minimum absolute atomic E-state index is 0.0534. The molecule has 0 aliphatic heterocycles. The van der Waals surface area contributed by atoms with Gasteiger partial charge in [0.1, 0.15) is 5.75 Å². The van der Waals surface area contributed by atoms with Crippen molar-refractivity contribution in [2.45, 2.75) is 63.9 Å². The normalized spacial score (nSPS) is 43.3. The lowest BCUT2D eigenvalue weighted by Gasteiger charge is -2.53. The molecule has 120 valence electrons. The van der Waals surface area contributed by atoms with Crippen LogP contribution in [0.3, 0.4) is 0 Å². The fraction of sp³-hybridized carbons (Fsp3) is 0.700. The van der Waals surface area contributed by atoms with Crippen LogP contribution in [0.15, 0.2) is 18.2 Å². The molecule has 0 bridgehead atoms. The maximum Gasteiger partial charge on any atom is 0.115 e. The van der Waals surface area contributed by atoms with Gasteiger partial charge in [-0.05, 0) is 91.9 Å². The molecular formula is C20H28O2. The van der Waals surface area contributed by atoms with Gasteiger partial charge in [-0.2, -0.15) is 0 Å². The molecule has 2 heteroatoms. The van der Waals surface area contributed by atoms with Crippen LogP contribution in [0.1, 0.15) is 63.0 Å². The van der Waals surface area contributed by atoms with Gasteiger partial charge in [0.05, 0.1) is 5.60 Å². The number of aromatic hydroxyl groups is 1. The summed E-state index contributed by atoms with van der Waals surface area (Å²) in [5.41, 5.74) is 3.29. The molecule has 22 heavy (non-hydrogen) atoms. The average Bonchev–Trinajstić information content (AvgIpc) is 2.79. The lowest BCUT2D eigenvalue weighted by Crippen LogP contribution is -2.50. The molecule has 2 saturated carbocycles. The zero-order valence-electron chi connectivity index (χ0n) is 14.1. The molecule has 3 aliphatic rings. The highest BCUT2D eigenvalue weighted by atomic mass is 16.5. The smallest absolute Gasteiger partial charge is 0.115 e. The highest BCUT2D eigenvalue weighted by molar-refractivity contribution is 5.40. The lowest BCUT2D eigenvalue weighted by molar-refractivity contribution is -0.114. The van der Waals surface area contributed by atoms with E-state index in [0.717, 1.165) is 18.3 Å². The fourth-order valence-corrected chi connectivity index (χ4v) is 6.13. The van der Waals surface area contributed by atoms with Crippen LogP contribution >= 0.6 is 0 Å². The van der Waals surface area contributed by atoms with Gasteiger partial charge in [-0.1, -0.05) is 13.0 Å². The van der Waals surface area contributed by atoms with Crippen molar-refractivity contribution >= 4 is 0 Å². The molecule has 0 heterocycles. The molecule has 1 aromatic rings. The number of hydrogen-bond acceptors (Lipinski definition) is 2. The second-order valence-electron chi connectivity index (χ2n) is 8.23. The zero-order chi connectivity index (χ0) is 15.5. The quantitative estimate of drug-likeness (QED) is 0.818. The van der Waals surface area contributed by atoms with E-state index in [1.807, 2.05) is 19.2 Å². The van der Waals surface area contributed by atoms with Gasteiger partial charge in [0.25, 0.3) is 0 Å². The first-order chi connectivity index (χ1) is 10.5. The van der Waals surface area contributed by atoms with E-state index < -0.39 is 0 Å². The Kier molecular flexibility index (Phi) is 3.14. The maximum absolute atomic E-state index is 9.76. The number of benzene rings is 1. The summed E-state index contributed by atoms with van der Waals surface area (Å²) >= 11 is 0. The number of hydrogen-bond donors (Lipinski definition) is 1. The first-order valence-corrected chi connectivity index (χ1v) is 8.85. The molecule has 0 saturated heterocycles. The Labute approximate surface area is 133 Å². The number of phenolic OH excluding ortho intramolecular Hbond substituents is 1. The molecule has 0 radical (unpaired) electrons. The summed E-state index contributed by atoms with van der Waals surface area (Å²) in [6.07, 6.45) is 7.46. The Morgan fingerprint density at radius 2 is 1.95 bits per heavy atom. The second-order valence-corrected chi connectivity index (χ2v) is 8.23. The third-order valence-corrected chi connectivity index (χ3v) is 7.69. The molecule has 1 N–H and O–H groups in total. The highest BCUT2D eigenvalue weighted by Crippen LogP contribution is 2.65. The molecule has 0 amide bonds. The van der Waals surface area contributed by atoms with Crippen molar-refractivity contribution in [3.05, 3.63) is 29.3 Å². The van der Waals surface area contributed by atoms with Gasteiger partial charge < -0.3 is 9.84 Å². The van der Waals surface area contributed by atoms with Gasteiger partial charge in [-0.25, -0.2) is 0 Å². The summed E-state index contributed by atoms with van der Waals surface area (Å²) in [6, 6.07) is 6.06. The van der Waals surface area contributed by atoms with Crippen molar-refractivity contribution in [1.82, 2.24) is 0 Å². The van der Waals surface area contributed by atoms with Crippen LogP contribution in [-0.2, 0) is 11.2 Å². The molecule has 0 spiro atoms. The van der Waals surface area contributed by atoms with E-state index in [9.17, 15) is 5.11 Å². The van der Waals surface area contributed by atoms with Crippen molar-refractivity contribution in [2.75, 3.05) is 7.11 Å². The van der Waals surface area contributed by atoms with Crippen LogP contribution in [0.5, 0.6) is 5.75 Å². The second kappa shape index (κ2) is 4.74. The SMILES string of the molecule is CO[C@@]1(C)CC[C@H]2[C@@H]3CCc4cc(O)ccc4[C@H]3CCC21C. The average molecular weight is 300 g/mol. The number of rotatable bonds is 1. The topological polar surface area (TPSA) is 29.5 Å². The summed E-state index contributed by atoms with van der Waals surface area (Å²) in [7, 11) is 1.90. The fourth-order valence-electron chi connectivity index (χ4n) is 6.13. The summed E-state index contributed by atoms with van der Waals surface area (Å²) in [5.74, 6) is 2.71. The van der Waals surface area contributed by atoms with E-state index in [-0.39, 0.29) is 5.60 Å². The van der Waals surface area contributed by atoms with E-state index in [2.05, 4.69) is 19.9 Å². The van der Waals surface area contributed by atoms with Gasteiger partial charge in [0.2, 0.25) is 0 Å². The first-order valence-electron chi connectivity index (χ1n) is 8.85. The monoisotopic (exact) mass is 300 g/mol. The molecule has 2 fully saturated rings. The molecule has 5 atom stereocenters. The van der Waals surface area contributed by atoms with Crippen molar-refractivity contribution in [3.63, 3.8) is 0 Å². The van der Waals surface area contributed by atoms with Crippen LogP contribution in [0.2, 0.25) is 0 Å². The summed E-state index contributed by atoms with van der Waals surface area (Å²) in [4.78, 5) is 0. The Hall–Kier alpha value is -1.02. The standard InChI is InChI=1S/C20H28O2/c1-19-10-8-16-15-7-5-14(21)12-13(15)4-6-17(16)18(19)9-11-20(19,2)22-3/h5,7,12,16-18,21H,4,6,8-11H2,1-3H3/t16-,17-,18+,19?,20+/m1/s1. The number of methoxy groups -OCH3 is 1. The lowest BCUT2D eigenvalue weighted by atomic mass is 9.53. The van der Waals surface area contributed by atoms with Crippen LogP contribution in [0.4, 0.5) is 0 Å². The Morgan fingerprint density at radius 3 is 2.73 bits per heavy atom. The minimum atomic E-state index is 0.0534. The maximum atomic E-state index is 9.76. The van der Waals surface area contributed by atoms with E-state index in [0.29, 0.717) is 17.1 Å². The summed E-state index contributed by atoms with van der Waals surface area (Å²) < 4.78 is 6.00. The van der Waals surface area contributed by atoms with E-state index >= 15 is 0 Å². The zero-order valence-corrected chi connectivity index (χ0v) is 14.1. The largest absolute Gasteiger partial charge is 0.508 e. The highest BCUT2D eigenvalue weighted by Gasteiger charge is 2.60. The van der Waals surface area contributed by atoms with Crippen molar-refractivity contribution in [2.24, 2.45) is 17.3 Å². The van der Waals surface area contributed by atoms with Crippen molar-refractivity contribution in [1.29, 1.82) is 0 Å². The summed E-state index contributed by atoms with van der Waals surface area (Å²) in [6.45, 7) is 4.82. The molecule has 1 aromatic carbocycles. The molecule has 0 aromatic heterocycles. The van der Waals surface area contributed by atoms with Crippen LogP contribution in [0.25, 0.3) is 0 Å². The van der Waals surface area contributed by atoms with E-state index in [1.165, 1.54) is 43.2 Å². The number of phenols is 1. The predicted molar refractivity (Wildman–Crippen MR) is 88.1 cm³/mol. The Balaban J connectivity index is 1.70. The first kappa shape index (κ1) is 14.6. The number of ether oxygens (including phenoxy) is 1. The molecule has 4 rings (SSSR count). The van der Waals surface area contributed by atoms with Crippen LogP contribution < -0.4 is 0 Å². The van der Waals surface area contributed by atoms with Gasteiger partial charge in [0, 0.05) is 7.11 Å². The predicted octanol–water partition coefficient (Wildman–Crippen LogP) is 4.65.